The van der Waals surface area contributed by atoms with Gasteiger partial charge in [-0.2, -0.15) is 15.0 Å². The van der Waals surface area contributed by atoms with Crippen molar-refractivity contribution in [3.05, 3.63) is 48.3 Å². The molecule has 0 spiro atoms. The molecule has 1 saturated heterocycles. The summed E-state index contributed by atoms with van der Waals surface area (Å²) in [7, 11) is 2.14. The molecule has 0 saturated carbocycles. The second kappa shape index (κ2) is 8.75. The van der Waals surface area contributed by atoms with Crippen LogP contribution in [0.25, 0.3) is 10.8 Å². The van der Waals surface area contributed by atoms with Crippen molar-refractivity contribution >= 4 is 34.4 Å². The van der Waals surface area contributed by atoms with E-state index in [1.807, 2.05) is 11.8 Å². The van der Waals surface area contributed by atoms with Crippen molar-refractivity contribution in [3.8, 4) is 0 Å². The zero-order valence-corrected chi connectivity index (χ0v) is 17.0. The molecule has 0 bridgehead atoms. The molecule has 1 aliphatic rings. The first-order valence-corrected chi connectivity index (χ1v) is 10.7. The smallest absolute Gasteiger partial charge is 0.230 e. The number of nitrogens with two attached hydrogens (primary N) is 1. The second-order valence-electron chi connectivity index (χ2n) is 7.16. The lowest BCUT2D eigenvalue weighted by Gasteiger charge is -2.32. The van der Waals surface area contributed by atoms with E-state index < -0.39 is 0 Å². The number of hydrogen-bond acceptors (Lipinski definition) is 7. The summed E-state index contributed by atoms with van der Waals surface area (Å²) in [6.07, 6.45) is 1.82. The van der Waals surface area contributed by atoms with Crippen molar-refractivity contribution in [3.63, 3.8) is 0 Å². The molecule has 1 fully saturated rings. The molecule has 0 radical (unpaired) electrons. The molecule has 0 amide bonds. The van der Waals surface area contributed by atoms with Crippen molar-refractivity contribution in [1.29, 1.82) is 0 Å². The van der Waals surface area contributed by atoms with E-state index in [0.717, 1.165) is 56.5 Å². The third kappa shape index (κ3) is 4.72. The molecule has 3 aromatic rings. The fraction of sp³-hybridized carbons (Fsp3) is 0.381. The van der Waals surface area contributed by atoms with Crippen molar-refractivity contribution in [2.24, 2.45) is 0 Å². The molecular weight excluding hydrogens is 368 g/mol. The molecule has 0 aliphatic carbocycles. The summed E-state index contributed by atoms with van der Waals surface area (Å²) in [5.74, 6) is 2.85. The standard InChI is InChI=1S/C21H26N6S/c1-26-10-12-27(13-11-26)21-24-19(23-20(22)25-21)7-4-14-28-18-9-8-16-5-2-3-6-17(16)15-18/h2-3,5-6,8-9,15H,4,7,10-14H2,1H3,(H2,22,23,24,25). The summed E-state index contributed by atoms with van der Waals surface area (Å²) in [6, 6.07) is 15.1. The van der Waals surface area contributed by atoms with Crippen LogP contribution < -0.4 is 10.6 Å². The lowest BCUT2D eigenvalue weighted by atomic mass is 10.1. The number of anilines is 2. The Morgan fingerprint density at radius 1 is 0.964 bits per heavy atom. The molecule has 0 unspecified atom stereocenters. The highest BCUT2D eigenvalue weighted by Gasteiger charge is 2.17. The van der Waals surface area contributed by atoms with Crippen LogP contribution in [0.1, 0.15) is 12.2 Å². The van der Waals surface area contributed by atoms with Gasteiger partial charge < -0.3 is 15.5 Å². The monoisotopic (exact) mass is 394 g/mol. The maximum Gasteiger partial charge on any atom is 0.230 e. The SMILES string of the molecule is CN1CCN(c2nc(N)nc(CCCSc3ccc4ccccc4c3)n2)CC1. The van der Waals surface area contributed by atoms with Gasteiger partial charge in [0.2, 0.25) is 11.9 Å². The summed E-state index contributed by atoms with van der Waals surface area (Å²) in [4.78, 5) is 19.2. The first kappa shape index (κ1) is 19.0. The number of fused-ring (bicyclic) bond motifs is 1. The Bertz CT molecular complexity index is 939. The van der Waals surface area contributed by atoms with E-state index in [2.05, 4.69) is 74.3 Å². The van der Waals surface area contributed by atoms with E-state index in [1.165, 1.54) is 15.7 Å². The minimum Gasteiger partial charge on any atom is -0.368 e. The Labute approximate surface area is 170 Å². The number of rotatable bonds is 6. The van der Waals surface area contributed by atoms with E-state index >= 15 is 0 Å². The molecule has 1 aromatic heterocycles. The van der Waals surface area contributed by atoms with Gasteiger partial charge in [0, 0.05) is 37.5 Å². The van der Waals surface area contributed by atoms with E-state index in [4.69, 9.17) is 5.73 Å². The predicted octanol–water partition coefficient (Wildman–Crippen LogP) is 3.08. The molecule has 1 aliphatic heterocycles. The van der Waals surface area contributed by atoms with Crippen LogP contribution in [0.4, 0.5) is 11.9 Å². The zero-order valence-electron chi connectivity index (χ0n) is 16.2. The number of nitrogens with zero attached hydrogens (tertiary/aromatic N) is 5. The quantitative estimate of drug-likeness (QED) is 0.509. The summed E-state index contributed by atoms with van der Waals surface area (Å²) in [5, 5.41) is 2.57. The Morgan fingerprint density at radius 3 is 2.57 bits per heavy atom. The maximum atomic E-state index is 5.94. The lowest BCUT2D eigenvalue weighted by molar-refractivity contribution is 0.311. The van der Waals surface area contributed by atoms with Gasteiger partial charge in [-0.3, -0.25) is 0 Å². The average molecular weight is 395 g/mol. The van der Waals surface area contributed by atoms with Gasteiger partial charge in [0.1, 0.15) is 5.82 Å². The lowest BCUT2D eigenvalue weighted by Crippen LogP contribution is -2.45. The van der Waals surface area contributed by atoms with E-state index in [0.29, 0.717) is 5.95 Å². The van der Waals surface area contributed by atoms with Crippen molar-refractivity contribution in [1.82, 2.24) is 19.9 Å². The highest BCUT2D eigenvalue weighted by atomic mass is 32.2. The number of aromatic nitrogens is 3. The van der Waals surface area contributed by atoms with Gasteiger partial charge >= 0.3 is 0 Å². The molecule has 0 atom stereocenters. The Balaban J connectivity index is 1.33. The fourth-order valence-corrected chi connectivity index (χ4v) is 4.26. The third-order valence-electron chi connectivity index (χ3n) is 5.01. The first-order chi connectivity index (χ1) is 13.7. The Hall–Kier alpha value is -2.38. The maximum absolute atomic E-state index is 5.94. The number of piperazine rings is 1. The number of likely N-dealkylation sites (N-methyl/N-ethyl adjacent to an activating group) is 1. The van der Waals surface area contributed by atoms with Crippen LogP contribution in [0, 0.1) is 0 Å². The fourth-order valence-electron chi connectivity index (χ4n) is 3.36. The number of benzene rings is 2. The van der Waals surface area contributed by atoms with Gasteiger partial charge in [0.15, 0.2) is 0 Å². The number of aryl methyl sites for hydroxylation is 1. The molecule has 7 heteroatoms. The average Bonchev–Trinajstić information content (AvgIpc) is 2.71. The molecule has 6 nitrogen and oxygen atoms in total. The van der Waals surface area contributed by atoms with Gasteiger partial charge in [-0.05, 0) is 42.1 Å². The minimum absolute atomic E-state index is 0.320. The van der Waals surface area contributed by atoms with Gasteiger partial charge in [-0.25, -0.2) is 0 Å². The van der Waals surface area contributed by atoms with Gasteiger partial charge in [-0.1, -0.05) is 30.3 Å². The van der Waals surface area contributed by atoms with Gasteiger partial charge in [0.25, 0.3) is 0 Å². The van der Waals surface area contributed by atoms with Crippen LogP contribution >= 0.6 is 11.8 Å². The first-order valence-electron chi connectivity index (χ1n) is 9.73. The Morgan fingerprint density at radius 2 is 1.75 bits per heavy atom. The molecule has 28 heavy (non-hydrogen) atoms. The van der Waals surface area contributed by atoms with Crippen molar-refractivity contribution in [2.45, 2.75) is 17.7 Å². The zero-order chi connectivity index (χ0) is 19.3. The predicted molar refractivity (Wildman–Crippen MR) is 117 cm³/mol. The van der Waals surface area contributed by atoms with Crippen LogP contribution in [-0.2, 0) is 6.42 Å². The third-order valence-corrected chi connectivity index (χ3v) is 6.09. The number of hydrogen-bond donors (Lipinski definition) is 1. The molecule has 2 N–H and O–H groups in total. The van der Waals surface area contributed by atoms with Crippen LogP contribution in [-0.4, -0.2) is 58.8 Å². The van der Waals surface area contributed by atoms with Crippen molar-refractivity contribution < 1.29 is 0 Å². The van der Waals surface area contributed by atoms with E-state index in [9.17, 15) is 0 Å². The largest absolute Gasteiger partial charge is 0.368 e. The van der Waals surface area contributed by atoms with Crippen LogP contribution in [0.2, 0.25) is 0 Å². The van der Waals surface area contributed by atoms with E-state index in [-0.39, 0.29) is 0 Å². The summed E-state index contributed by atoms with van der Waals surface area (Å²) >= 11 is 1.87. The number of thioether (sulfide) groups is 1. The van der Waals surface area contributed by atoms with Crippen molar-refractivity contribution in [2.75, 3.05) is 49.6 Å². The Kier molecular flexibility index (Phi) is 5.92. The highest BCUT2D eigenvalue weighted by molar-refractivity contribution is 7.99. The second-order valence-corrected chi connectivity index (χ2v) is 8.33. The molecule has 2 heterocycles. The molecule has 146 valence electrons. The van der Waals surface area contributed by atoms with Gasteiger partial charge in [-0.15, -0.1) is 11.8 Å². The van der Waals surface area contributed by atoms with Crippen LogP contribution in [0.5, 0.6) is 0 Å². The molecular formula is C21H26N6S. The molecule has 4 rings (SSSR count). The van der Waals surface area contributed by atoms with Crippen LogP contribution in [0.3, 0.4) is 0 Å². The van der Waals surface area contributed by atoms with Crippen LogP contribution in [0.15, 0.2) is 47.4 Å². The highest BCUT2D eigenvalue weighted by Crippen LogP contribution is 2.24. The normalized spacial score (nSPS) is 15.2. The van der Waals surface area contributed by atoms with E-state index in [1.54, 1.807) is 0 Å². The summed E-state index contributed by atoms with van der Waals surface area (Å²) < 4.78 is 0. The number of nitrogen functional groups attached to an aromatic ring is 1. The minimum atomic E-state index is 0.320. The summed E-state index contributed by atoms with van der Waals surface area (Å²) in [6.45, 7) is 3.89. The van der Waals surface area contributed by atoms with Gasteiger partial charge in [0.05, 0.1) is 0 Å². The topological polar surface area (TPSA) is 71.2 Å². The molecule has 2 aromatic carbocycles. The summed E-state index contributed by atoms with van der Waals surface area (Å²) in [5.41, 5.74) is 5.94.